The minimum atomic E-state index is -0.832. The fraction of sp³-hybridized carbons (Fsp3) is 0.0500. The SMILES string of the molecule is COc1ccc2cc(C(=O)Oc3c(Br)cc(Br)c4cccnc34)c(=O)oc2c1. The largest absolute Gasteiger partial charge is 0.497 e. The number of hydrogen-bond acceptors (Lipinski definition) is 6. The van der Waals surface area contributed by atoms with Crippen molar-refractivity contribution >= 4 is 59.7 Å². The van der Waals surface area contributed by atoms with Gasteiger partial charge in [0.25, 0.3) is 0 Å². The van der Waals surface area contributed by atoms with Crippen molar-refractivity contribution < 1.29 is 18.7 Å². The molecule has 0 radical (unpaired) electrons. The molecule has 0 unspecified atom stereocenters. The van der Waals surface area contributed by atoms with E-state index in [1.165, 1.54) is 13.2 Å². The number of rotatable bonds is 3. The molecule has 2 aromatic carbocycles. The summed E-state index contributed by atoms with van der Waals surface area (Å²) in [7, 11) is 1.51. The molecule has 0 N–H and O–H groups in total. The standard InChI is InChI=1S/C20H11Br2NO5/c1-26-11-5-4-10-7-13(19(24)27-16(10)8-11)20(25)28-18-15(22)9-14(21)12-3-2-6-23-17(12)18/h2-9H,1H3. The van der Waals surface area contributed by atoms with Crippen molar-refractivity contribution in [2.45, 2.75) is 0 Å². The predicted octanol–water partition coefficient (Wildman–Crippen LogP) is 5.09. The average Bonchev–Trinajstić information content (AvgIpc) is 2.70. The first-order valence-corrected chi connectivity index (χ1v) is 9.63. The van der Waals surface area contributed by atoms with Crippen LogP contribution < -0.4 is 15.1 Å². The third-order valence-corrected chi connectivity index (χ3v) is 5.35. The Bertz CT molecular complexity index is 1300. The molecule has 2 heterocycles. The van der Waals surface area contributed by atoms with Crippen LogP contribution in [0.15, 0.2) is 66.8 Å². The molecule has 2 aromatic heterocycles. The molecular formula is C20H11Br2NO5. The lowest BCUT2D eigenvalue weighted by Gasteiger charge is -2.10. The first kappa shape index (κ1) is 18.6. The van der Waals surface area contributed by atoms with Gasteiger partial charge in [-0.2, -0.15) is 0 Å². The summed E-state index contributed by atoms with van der Waals surface area (Å²) in [6.07, 6.45) is 1.59. The fourth-order valence-electron chi connectivity index (χ4n) is 2.75. The fourth-order valence-corrected chi connectivity index (χ4v) is 4.11. The normalized spacial score (nSPS) is 11.0. The van der Waals surface area contributed by atoms with Crippen LogP contribution in [0.5, 0.6) is 11.5 Å². The summed E-state index contributed by atoms with van der Waals surface area (Å²) >= 11 is 6.84. The number of hydrogen-bond donors (Lipinski definition) is 0. The van der Waals surface area contributed by atoms with Crippen LogP contribution in [0.25, 0.3) is 21.9 Å². The number of carbonyl (C=O) groups excluding carboxylic acids is 1. The maximum atomic E-state index is 12.7. The van der Waals surface area contributed by atoms with Crippen LogP contribution in [0.1, 0.15) is 10.4 Å². The number of aromatic nitrogens is 1. The molecule has 0 amide bonds. The molecule has 0 bridgehead atoms. The van der Waals surface area contributed by atoms with Crippen molar-refractivity contribution in [1.29, 1.82) is 0 Å². The Hall–Kier alpha value is -2.71. The van der Waals surface area contributed by atoms with Gasteiger partial charge in [-0.1, -0.05) is 22.0 Å². The number of carbonyl (C=O) groups is 1. The summed E-state index contributed by atoms with van der Waals surface area (Å²) in [5, 5.41) is 1.34. The molecule has 4 rings (SSSR count). The second kappa shape index (κ2) is 7.37. The van der Waals surface area contributed by atoms with E-state index in [1.54, 1.807) is 36.5 Å². The molecule has 0 aliphatic heterocycles. The van der Waals surface area contributed by atoms with Gasteiger partial charge in [0.1, 0.15) is 22.4 Å². The van der Waals surface area contributed by atoms with Crippen molar-refractivity contribution in [3.8, 4) is 11.5 Å². The Morgan fingerprint density at radius 3 is 2.71 bits per heavy atom. The summed E-state index contributed by atoms with van der Waals surface area (Å²) in [4.78, 5) is 29.3. The van der Waals surface area contributed by atoms with E-state index >= 15 is 0 Å². The van der Waals surface area contributed by atoms with Crippen LogP contribution in [0.2, 0.25) is 0 Å². The van der Waals surface area contributed by atoms with Gasteiger partial charge in [-0.3, -0.25) is 4.98 Å². The monoisotopic (exact) mass is 503 g/mol. The maximum absolute atomic E-state index is 12.7. The van der Waals surface area contributed by atoms with E-state index in [0.717, 1.165) is 9.86 Å². The molecular weight excluding hydrogens is 494 g/mol. The average molecular weight is 505 g/mol. The number of benzene rings is 2. The van der Waals surface area contributed by atoms with Crippen LogP contribution in [0.4, 0.5) is 0 Å². The smallest absolute Gasteiger partial charge is 0.351 e. The van der Waals surface area contributed by atoms with Crippen molar-refractivity contribution in [1.82, 2.24) is 4.98 Å². The van der Waals surface area contributed by atoms with E-state index in [9.17, 15) is 9.59 Å². The quantitative estimate of drug-likeness (QED) is 0.219. The second-order valence-corrected chi connectivity index (χ2v) is 7.52. The highest BCUT2D eigenvalue weighted by Gasteiger charge is 2.20. The van der Waals surface area contributed by atoms with E-state index in [2.05, 4.69) is 36.8 Å². The van der Waals surface area contributed by atoms with Crippen molar-refractivity contribution in [2.75, 3.05) is 7.11 Å². The Labute approximate surface area is 175 Å². The molecule has 0 aliphatic carbocycles. The van der Waals surface area contributed by atoms with Crippen molar-refractivity contribution in [2.24, 2.45) is 0 Å². The lowest BCUT2D eigenvalue weighted by molar-refractivity contribution is 0.0731. The lowest BCUT2D eigenvalue weighted by Crippen LogP contribution is -2.19. The van der Waals surface area contributed by atoms with Gasteiger partial charge in [-0.15, -0.1) is 0 Å². The number of nitrogens with zero attached hydrogens (tertiary/aromatic N) is 1. The summed E-state index contributed by atoms with van der Waals surface area (Å²) < 4.78 is 17.2. The number of methoxy groups -OCH3 is 1. The molecule has 4 aromatic rings. The first-order chi connectivity index (χ1) is 13.5. The Morgan fingerprint density at radius 2 is 1.93 bits per heavy atom. The van der Waals surface area contributed by atoms with E-state index in [1.807, 2.05) is 6.07 Å². The van der Waals surface area contributed by atoms with Gasteiger partial charge < -0.3 is 13.9 Å². The van der Waals surface area contributed by atoms with Gasteiger partial charge in [0.05, 0.1) is 11.6 Å². The van der Waals surface area contributed by atoms with Crippen LogP contribution in [0.3, 0.4) is 0 Å². The molecule has 6 nitrogen and oxygen atoms in total. The van der Waals surface area contributed by atoms with Crippen molar-refractivity contribution in [3.63, 3.8) is 0 Å². The zero-order chi connectivity index (χ0) is 19.8. The van der Waals surface area contributed by atoms with E-state index in [0.29, 0.717) is 26.7 Å². The van der Waals surface area contributed by atoms with Crippen LogP contribution in [-0.2, 0) is 0 Å². The van der Waals surface area contributed by atoms with Crippen LogP contribution >= 0.6 is 31.9 Å². The van der Waals surface area contributed by atoms with Gasteiger partial charge in [-0.25, -0.2) is 9.59 Å². The van der Waals surface area contributed by atoms with Gasteiger partial charge in [0.2, 0.25) is 0 Å². The Morgan fingerprint density at radius 1 is 1.11 bits per heavy atom. The highest BCUT2D eigenvalue weighted by molar-refractivity contribution is 9.11. The number of pyridine rings is 1. The van der Waals surface area contributed by atoms with E-state index in [-0.39, 0.29) is 11.3 Å². The third-order valence-electron chi connectivity index (χ3n) is 4.11. The van der Waals surface area contributed by atoms with Gasteiger partial charge in [-0.05, 0) is 46.3 Å². The lowest BCUT2D eigenvalue weighted by atomic mass is 10.1. The second-order valence-electron chi connectivity index (χ2n) is 5.81. The highest BCUT2D eigenvalue weighted by atomic mass is 79.9. The van der Waals surface area contributed by atoms with E-state index < -0.39 is 11.6 Å². The minimum absolute atomic E-state index is 0.212. The van der Waals surface area contributed by atoms with Crippen LogP contribution in [0, 0.1) is 0 Å². The first-order valence-electron chi connectivity index (χ1n) is 8.04. The predicted molar refractivity (Wildman–Crippen MR) is 111 cm³/mol. The van der Waals surface area contributed by atoms with Gasteiger partial charge >= 0.3 is 11.6 Å². The molecule has 0 atom stereocenters. The Balaban J connectivity index is 1.78. The maximum Gasteiger partial charge on any atom is 0.351 e. The third kappa shape index (κ3) is 3.29. The molecule has 0 spiro atoms. The molecule has 0 saturated heterocycles. The molecule has 28 heavy (non-hydrogen) atoms. The molecule has 140 valence electrons. The van der Waals surface area contributed by atoms with Crippen molar-refractivity contribution in [3.05, 3.63) is 73.6 Å². The van der Waals surface area contributed by atoms with Crippen LogP contribution in [-0.4, -0.2) is 18.1 Å². The summed E-state index contributed by atoms with van der Waals surface area (Å²) in [6, 6.07) is 11.8. The van der Waals surface area contributed by atoms with Gasteiger partial charge in [0, 0.05) is 27.5 Å². The summed E-state index contributed by atoms with van der Waals surface area (Å²) in [6.45, 7) is 0. The summed E-state index contributed by atoms with van der Waals surface area (Å²) in [5.41, 5.74) is -0.210. The van der Waals surface area contributed by atoms with Gasteiger partial charge in [0.15, 0.2) is 5.75 Å². The zero-order valence-electron chi connectivity index (χ0n) is 14.4. The number of fused-ring (bicyclic) bond motifs is 2. The summed E-state index contributed by atoms with van der Waals surface area (Å²) in [5.74, 6) is -0.0678. The highest BCUT2D eigenvalue weighted by Crippen LogP contribution is 2.37. The molecule has 0 saturated carbocycles. The molecule has 0 fully saturated rings. The Kier molecular flexibility index (Phi) is 4.91. The topological polar surface area (TPSA) is 78.6 Å². The number of ether oxygens (including phenoxy) is 2. The molecule has 0 aliphatic rings. The number of halogens is 2. The van der Waals surface area contributed by atoms with E-state index in [4.69, 9.17) is 13.9 Å². The zero-order valence-corrected chi connectivity index (χ0v) is 17.5. The minimum Gasteiger partial charge on any atom is -0.497 e. The molecule has 8 heteroatoms. The number of esters is 1.